The van der Waals surface area contributed by atoms with Crippen LogP contribution in [0.2, 0.25) is 0 Å². The summed E-state index contributed by atoms with van der Waals surface area (Å²) in [6.45, 7) is 9.86. The highest BCUT2D eigenvalue weighted by Gasteiger charge is 2.43. The lowest BCUT2D eigenvalue weighted by Gasteiger charge is -2.30. The van der Waals surface area contributed by atoms with E-state index in [2.05, 4.69) is 4.72 Å². The molecule has 0 aromatic heterocycles. The van der Waals surface area contributed by atoms with Crippen LogP contribution in [0.15, 0.2) is 11.0 Å². The van der Waals surface area contributed by atoms with Crippen molar-refractivity contribution in [3.8, 4) is 0 Å². The standard InChI is InChI=1S/C16H26N2O2S.ClH/c1-10-8-11(2)13(4)15(12(10)3)21(19,20)18-16(5,9-17)14-6-7-14;/h8,14,18H,6-7,9,17H2,1-5H3;1H. The maximum atomic E-state index is 12.9. The van der Waals surface area contributed by atoms with Crippen LogP contribution in [0, 0.1) is 33.6 Å². The van der Waals surface area contributed by atoms with Gasteiger partial charge in [0.25, 0.3) is 0 Å². The fourth-order valence-corrected chi connectivity index (χ4v) is 5.05. The van der Waals surface area contributed by atoms with Crippen LogP contribution >= 0.6 is 12.4 Å². The van der Waals surface area contributed by atoms with E-state index in [4.69, 9.17) is 5.73 Å². The average molecular weight is 347 g/mol. The van der Waals surface area contributed by atoms with E-state index in [0.717, 1.165) is 35.1 Å². The fraction of sp³-hybridized carbons (Fsp3) is 0.625. The number of benzene rings is 1. The summed E-state index contributed by atoms with van der Waals surface area (Å²) in [4.78, 5) is 0.417. The molecule has 0 amide bonds. The van der Waals surface area contributed by atoms with Gasteiger partial charge in [0.1, 0.15) is 0 Å². The predicted octanol–water partition coefficient (Wildman–Crippen LogP) is 2.75. The van der Waals surface area contributed by atoms with Crippen molar-refractivity contribution in [1.82, 2.24) is 4.72 Å². The molecule has 4 nitrogen and oxygen atoms in total. The fourth-order valence-electron chi connectivity index (χ4n) is 2.95. The van der Waals surface area contributed by atoms with Crippen molar-refractivity contribution in [2.45, 2.75) is 57.9 Å². The summed E-state index contributed by atoms with van der Waals surface area (Å²) >= 11 is 0. The number of rotatable bonds is 5. The van der Waals surface area contributed by atoms with E-state index >= 15 is 0 Å². The van der Waals surface area contributed by atoms with Crippen molar-refractivity contribution < 1.29 is 8.42 Å². The molecule has 126 valence electrons. The first-order chi connectivity index (χ1) is 9.62. The zero-order valence-corrected chi connectivity index (χ0v) is 15.6. The van der Waals surface area contributed by atoms with Gasteiger partial charge in [0.2, 0.25) is 10.0 Å². The number of aryl methyl sites for hydroxylation is 2. The highest BCUT2D eigenvalue weighted by molar-refractivity contribution is 7.89. The minimum Gasteiger partial charge on any atom is -0.329 e. The van der Waals surface area contributed by atoms with Gasteiger partial charge in [-0.2, -0.15) is 0 Å². The molecular formula is C16H27ClN2O2S. The van der Waals surface area contributed by atoms with Gasteiger partial charge in [-0.15, -0.1) is 12.4 Å². The van der Waals surface area contributed by atoms with Crippen molar-refractivity contribution in [2.75, 3.05) is 6.54 Å². The summed E-state index contributed by atoms with van der Waals surface area (Å²) in [7, 11) is -3.57. The molecule has 1 atom stereocenters. The van der Waals surface area contributed by atoms with Gasteiger partial charge in [0.05, 0.1) is 4.90 Å². The number of hydrogen-bond acceptors (Lipinski definition) is 3. The van der Waals surface area contributed by atoms with Gasteiger partial charge in [0.15, 0.2) is 0 Å². The number of hydrogen-bond donors (Lipinski definition) is 2. The molecule has 1 saturated carbocycles. The SMILES string of the molecule is Cc1cc(C)c(C)c(S(=O)(=O)NC(C)(CN)C2CC2)c1C.Cl. The van der Waals surface area contributed by atoms with Gasteiger partial charge < -0.3 is 5.73 Å². The minimum absolute atomic E-state index is 0. The van der Waals surface area contributed by atoms with E-state index < -0.39 is 15.6 Å². The van der Waals surface area contributed by atoms with Crippen molar-refractivity contribution in [2.24, 2.45) is 11.7 Å². The molecule has 1 aliphatic rings. The van der Waals surface area contributed by atoms with Crippen molar-refractivity contribution in [1.29, 1.82) is 0 Å². The second kappa shape index (κ2) is 6.48. The molecule has 22 heavy (non-hydrogen) atoms. The smallest absolute Gasteiger partial charge is 0.241 e. The molecule has 1 fully saturated rings. The number of nitrogens with two attached hydrogens (primary N) is 1. The Hall–Kier alpha value is -0.620. The van der Waals surface area contributed by atoms with Crippen molar-refractivity contribution in [3.63, 3.8) is 0 Å². The van der Waals surface area contributed by atoms with Gasteiger partial charge in [-0.1, -0.05) is 6.07 Å². The first kappa shape index (κ1) is 19.4. The molecule has 0 spiro atoms. The summed E-state index contributed by atoms with van der Waals surface area (Å²) in [5.41, 5.74) is 8.94. The Morgan fingerprint density at radius 3 is 2.00 bits per heavy atom. The molecule has 1 aromatic rings. The average Bonchev–Trinajstić information content (AvgIpc) is 3.20. The molecule has 0 radical (unpaired) electrons. The lowest BCUT2D eigenvalue weighted by atomic mass is 9.98. The van der Waals surface area contributed by atoms with Crippen LogP contribution in [0.1, 0.15) is 42.0 Å². The van der Waals surface area contributed by atoms with E-state index in [9.17, 15) is 8.42 Å². The van der Waals surface area contributed by atoms with Crippen LogP contribution in [0.3, 0.4) is 0 Å². The van der Waals surface area contributed by atoms with Gasteiger partial charge >= 0.3 is 0 Å². The second-order valence-electron chi connectivity index (χ2n) is 6.59. The molecule has 1 aliphatic carbocycles. The third kappa shape index (κ3) is 3.48. The van der Waals surface area contributed by atoms with Crippen molar-refractivity contribution in [3.05, 3.63) is 28.3 Å². The van der Waals surface area contributed by atoms with Gasteiger partial charge in [-0.25, -0.2) is 13.1 Å². The molecule has 0 bridgehead atoms. The van der Waals surface area contributed by atoms with Crippen LogP contribution in [-0.2, 0) is 10.0 Å². The van der Waals surface area contributed by atoms with E-state index in [1.807, 2.05) is 40.7 Å². The molecule has 3 N–H and O–H groups in total. The Bertz CT molecular complexity index is 643. The third-order valence-electron chi connectivity index (χ3n) is 4.84. The number of nitrogens with one attached hydrogen (secondary N) is 1. The summed E-state index contributed by atoms with van der Waals surface area (Å²) in [5.74, 6) is 0.351. The van der Waals surface area contributed by atoms with Crippen LogP contribution in [0.25, 0.3) is 0 Å². The second-order valence-corrected chi connectivity index (χ2v) is 8.21. The van der Waals surface area contributed by atoms with Gasteiger partial charge in [0, 0.05) is 12.1 Å². The lowest BCUT2D eigenvalue weighted by molar-refractivity contribution is 0.374. The molecule has 1 aromatic carbocycles. The molecule has 0 heterocycles. The van der Waals surface area contributed by atoms with E-state index in [1.165, 1.54) is 0 Å². The normalized spacial score (nSPS) is 17.7. The maximum absolute atomic E-state index is 12.9. The van der Waals surface area contributed by atoms with E-state index in [0.29, 0.717) is 17.4 Å². The number of sulfonamides is 1. The van der Waals surface area contributed by atoms with Gasteiger partial charge in [-0.05, 0) is 75.6 Å². The Balaban J connectivity index is 0.00000242. The van der Waals surface area contributed by atoms with E-state index in [-0.39, 0.29) is 12.4 Å². The van der Waals surface area contributed by atoms with E-state index in [1.54, 1.807) is 0 Å². The third-order valence-corrected chi connectivity index (χ3v) is 6.72. The molecular weight excluding hydrogens is 320 g/mol. The largest absolute Gasteiger partial charge is 0.329 e. The van der Waals surface area contributed by atoms with Crippen LogP contribution in [0.4, 0.5) is 0 Å². The zero-order valence-electron chi connectivity index (χ0n) is 14.0. The Kier molecular flexibility index (Phi) is 5.72. The maximum Gasteiger partial charge on any atom is 0.241 e. The monoisotopic (exact) mass is 346 g/mol. The Morgan fingerprint density at radius 1 is 1.18 bits per heavy atom. The van der Waals surface area contributed by atoms with Gasteiger partial charge in [-0.3, -0.25) is 0 Å². The van der Waals surface area contributed by atoms with Crippen LogP contribution in [0.5, 0.6) is 0 Å². The molecule has 2 rings (SSSR count). The Morgan fingerprint density at radius 2 is 1.64 bits per heavy atom. The highest BCUT2D eigenvalue weighted by atomic mass is 35.5. The van der Waals surface area contributed by atoms with Crippen LogP contribution < -0.4 is 10.5 Å². The summed E-state index contributed by atoms with van der Waals surface area (Å²) in [6, 6.07) is 2.03. The highest BCUT2D eigenvalue weighted by Crippen LogP contribution is 2.40. The number of halogens is 1. The molecule has 0 aliphatic heterocycles. The first-order valence-corrected chi connectivity index (χ1v) is 8.92. The first-order valence-electron chi connectivity index (χ1n) is 7.44. The molecule has 0 saturated heterocycles. The quantitative estimate of drug-likeness (QED) is 0.861. The summed E-state index contributed by atoms with van der Waals surface area (Å²) in [5, 5.41) is 0. The summed E-state index contributed by atoms with van der Waals surface area (Å²) < 4.78 is 28.7. The van der Waals surface area contributed by atoms with Crippen molar-refractivity contribution >= 4 is 22.4 Å². The zero-order chi connectivity index (χ0) is 16.0. The minimum atomic E-state index is -3.57. The topological polar surface area (TPSA) is 72.2 Å². The molecule has 6 heteroatoms. The van der Waals surface area contributed by atoms with Crippen LogP contribution in [-0.4, -0.2) is 20.5 Å². The Labute approximate surface area is 140 Å². The predicted molar refractivity (Wildman–Crippen MR) is 93.1 cm³/mol. The lowest BCUT2D eigenvalue weighted by Crippen LogP contribution is -2.53. The summed E-state index contributed by atoms with van der Waals surface area (Å²) in [6.07, 6.45) is 2.09. The molecule has 1 unspecified atom stereocenters.